The maximum Gasteiger partial charge on any atom is 0.220 e. The summed E-state index contributed by atoms with van der Waals surface area (Å²) in [5.74, 6) is -0.134. The molecule has 8 heteroatoms. The smallest absolute Gasteiger partial charge is 0.220 e. The van der Waals surface area contributed by atoms with Crippen LogP contribution in [0.2, 0.25) is 0 Å². The van der Waals surface area contributed by atoms with Crippen LogP contribution in [0.25, 0.3) is 0 Å². The van der Waals surface area contributed by atoms with Gasteiger partial charge >= 0.3 is 0 Å². The van der Waals surface area contributed by atoms with Gasteiger partial charge in [-0.05, 0) is 30.5 Å². The van der Waals surface area contributed by atoms with E-state index < -0.39 is 10.0 Å². The van der Waals surface area contributed by atoms with Gasteiger partial charge in [-0.1, -0.05) is 0 Å². The van der Waals surface area contributed by atoms with Crippen molar-refractivity contribution in [2.75, 3.05) is 19.0 Å². The first-order valence-corrected chi connectivity index (χ1v) is 8.92. The van der Waals surface area contributed by atoms with Gasteiger partial charge in [-0.2, -0.15) is 0 Å². The fourth-order valence-electron chi connectivity index (χ4n) is 2.49. The summed E-state index contributed by atoms with van der Waals surface area (Å²) in [6, 6.07) is 3.85. The molecule has 0 spiro atoms. The van der Waals surface area contributed by atoms with Crippen LogP contribution in [-0.2, 0) is 26.0 Å². The van der Waals surface area contributed by atoms with E-state index in [2.05, 4.69) is 10.3 Å². The number of nitrogens with two attached hydrogens (primary N) is 1. The van der Waals surface area contributed by atoms with Crippen molar-refractivity contribution in [2.45, 2.75) is 25.3 Å². The van der Waals surface area contributed by atoms with Crippen molar-refractivity contribution in [3.05, 3.63) is 30.1 Å². The summed E-state index contributed by atoms with van der Waals surface area (Å²) in [6.45, 7) is 1.08. The number of amides is 1. The molecule has 122 valence electrons. The van der Waals surface area contributed by atoms with Gasteiger partial charge in [-0.3, -0.25) is 9.78 Å². The van der Waals surface area contributed by atoms with Gasteiger partial charge in [-0.15, -0.1) is 0 Å². The number of rotatable bonds is 7. The van der Waals surface area contributed by atoms with Crippen LogP contribution in [-0.4, -0.2) is 44.3 Å². The minimum Gasteiger partial charge on any atom is -0.379 e. The highest BCUT2D eigenvalue weighted by Crippen LogP contribution is 2.19. The molecular weight excluding hydrogens is 306 g/mol. The number of aromatic nitrogens is 1. The number of carbonyl (C=O) groups is 1. The molecule has 0 saturated carbocycles. The van der Waals surface area contributed by atoms with Crippen LogP contribution in [0.5, 0.6) is 0 Å². The molecule has 0 bridgehead atoms. The van der Waals surface area contributed by atoms with Crippen molar-refractivity contribution in [1.29, 1.82) is 0 Å². The molecule has 0 radical (unpaired) electrons. The van der Waals surface area contributed by atoms with Gasteiger partial charge in [0.05, 0.1) is 25.0 Å². The second-order valence-corrected chi connectivity index (χ2v) is 7.24. The largest absolute Gasteiger partial charge is 0.379 e. The zero-order chi connectivity index (χ0) is 16.0. The monoisotopic (exact) mass is 327 g/mol. The molecule has 2 heterocycles. The zero-order valence-electron chi connectivity index (χ0n) is 12.3. The molecule has 0 aromatic carbocycles. The topological polar surface area (TPSA) is 111 Å². The van der Waals surface area contributed by atoms with Gasteiger partial charge in [0.2, 0.25) is 15.9 Å². The summed E-state index contributed by atoms with van der Waals surface area (Å²) < 4.78 is 27.1. The molecule has 2 atom stereocenters. The van der Waals surface area contributed by atoms with E-state index in [1.807, 2.05) is 12.1 Å². The predicted molar refractivity (Wildman–Crippen MR) is 81.4 cm³/mol. The maximum absolute atomic E-state index is 11.9. The first kappa shape index (κ1) is 16.9. The maximum atomic E-state index is 11.9. The van der Waals surface area contributed by atoms with Gasteiger partial charge in [0.15, 0.2) is 0 Å². The molecule has 1 saturated heterocycles. The number of nitrogens with zero attached hydrogens (tertiary/aromatic N) is 1. The third-order valence-corrected chi connectivity index (χ3v) is 4.48. The number of hydrogen-bond acceptors (Lipinski definition) is 5. The Balaban J connectivity index is 1.79. The summed E-state index contributed by atoms with van der Waals surface area (Å²) in [4.78, 5) is 15.9. The highest BCUT2D eigenvalue weighted by molar-refractivity contribution is 7.89. The standard InChI is InChI=1S/C14H21N3O4S/c15-22(19,20)7-1-2-14(18)17-13-10-21-9-12(13)8-11-3-5-16-6-4-11/h3-6,12-13H,1-2,7-10H2,(H,17,18)(H2,15,19,20)/t12-,13+/m1/s1. The highest BCUT2D eigenvalue weighted by Gasteiger charge is 2.29. The molecule has 0 unspecified atom stereocenters. The lowest BCUT2D eigenvalue weighted by atomic mass is 9.95. The molecule has 1 aliphatic heterocycles. The third-order valence-electron chi connectivity index (χ3n) is 3.62. The van der Waals surface area contributed by atoms with Crippen molar-refractivity contribution in [2.24, 2.45) is 11.1 Å². The predicted octanol–water partition coefficient (Wildman–Crippen LogP) is -0.176. The van der Waals surface area contributed by atoms with E-state index in [0.29, 0.717) is 13.2 Å². The Morgan fingerprint density at radius 1 is 1.36 bits per heavy atom. The molecule has 1 aromatic heterocycles. The van der Waals surface area contributed by atoms with Gasteiger partial charge in [0.25, 0.3) is 0 Å². The number of sulfonamides is 1. The van der Waals surface area contributed by atoms with E-state index in [0.717, 1.165) is 12.0 Å². The van der Waals surface area contributed by atoms with E-state index in [4.69, 9.17) is 9.88 Å². The second-order valence-electron chi connectivity index (χ2n) is 5.50. The number of hydrogen-bond donors (Lipinski definition) is 2. The SMILES string of the molecule is NS(=O)(=O)CCCC(=O)N[C@H]1COC[C@H]1Cc1ccncc1. The van der Waals surface area contributed by atoms with Crippen LogP contribution in [0.3, 0.4) is 0 Å². The molecule has 0 aliphatic carbocycles. The molecular formula is C14H21N3O4S. The first-order chi connectivity index (χ1) is 10.4. The van der Waals surface area contributed by atoms with Crippen LogP contribution in [0, 0.1) is 5.92 Å². The molecule has 2 rings (SSSR count). The van der Waals surface area contributed by atoms with Crippen LogP contribution in [0.15, 0.2) is 24.5 Å². The lowest BCUT2D eigenvalue weighted by molar-refractivity contribution is -0.122. The van der Waals surface area contributed by atoms with E-state index >= 15 is 0 Å². The molecule has 1 fully saturated rings. The summed E-state index contributed by atoms with van der Waals surface area (Å²) >= 11 is 0. The van der Waals surface area contributed by atoms with Crippen molar-refractivity contribution in [3.63, 3.8) is 0 Å². The Morgan fingerprint density at radius 2 is 2.09 bits per heavy atom. The van der Waals surface area contributed by atoms with Crippen LogP contribution < -0.4 is 10.5 Å². The normalized spacial score (nSPS) is 21.7. The Hall–Kier alpha value is -1.51. The lowest BCUT2D eigenvalue weighted by Crippen LogP contribution is -2.40. The molecule has 3 N–H and O–H groups in total. The number of primary sulfonamides is 1. The molecule has 1 aromatic rings. The molecule has 7 nitrogen and oxygen atoms in total. The zero-order valence-corrected chi connectivity index (χ0v) is 13.1. The van der Waals surface area contributed by atoms with Crippen molar-refractivity contribution in [1.82, 2.24) is 10.3 Å². The Kier molecular flexibility index (Phi) is 5.87. The van der Waals surface area contributed by atoms with Gasteiger partial charge in [0.1, 0.15) is 0 Å². The summed E-state index contributed by atoms with van der Waals surface area (Å²) in [5.41, 5.74) is 1.15. The summed E-state index contributed by atoms with van der Waals surface area (Å²) in [5, 5.41) is 7.83. The van der Waals surface area contributed by atoms with E-state index in [1.165, 1.54) is 0 Å². The minimum atomic E-state index is -3.51. The molecule has 1 aliphatic rings. The van der Waals surface area contributed by atoms with Gasteiger partial charge in [0, 0.05) is 24.7 Å². The Morgan fingerprint density at radius 3 is 2.77 bits per heavy atom. The minimum absolute atomic E-state index is 0.0462. The average Bonchev–Trinajstić information content (AvgIpc) is 2.85. The summed E-state index contributed by atoms with van der Waals surface area (Å²) in [6.07, 6.45) is 4.67. The van der Waals surface area contributed by atoms with Gasteiger partial charge in [-0.25, -0.2) is 13.6 Å². The quantitative estimate of drug-likeness (QED) is 0.722. The van der Waals surface area contributed by atoms with E-state index in [1.54, 1.807) is 12.4 Å². The summed E-state index contributed by atoms with van der Waals surface area (Å²) in [7, 11) is -3.51. The van der Waals surface area contributed by atoms with Crippen LogP contribution >= 0.6 is 0 Å². The average molecular weight is 327 g/mol. The van der Waals surface area contributed by atoms with Crippen LogP contribution in [0.4, 0.5) is 0 Å². The number of pyridine rings is 1. The van der Waals surface area contributed by atoms with Gasteiger partial charge < -0.3 is 10.1 Å². The number of ether oxygens (including phenoxy) is 1. The first-order valence-electron chi connectivity index (χ1n) is 7.20. The fourth-order valence-corrected chi connectivity index (χ4v) is 3.04. The van der Waals surface area contributed by atoms with Crippen molar-refractivity contribution >= 4 is 15.9 Å². The second kappa shape index (κ2) is 7.66. The molecule has 22 heavy (non-hydrogen) atoms. The lowest BCUT2D eigenvalue weighted by Gasteiger charge is -2.19. The number of carbonyl (C=O) groups excluding carboxylic acids is 1. The molecule has 1 amide bonds. The van der Waals surface area contributed by atoms with Crippen molar-refractivity contribution in [3.8, 4) is 0 Å². The third kappa shape index (κ3) is 5.70. The number of nitrogens with one attached hydrogen (secondary N) is 1. The van der Waals surface area contributed by atoms with Crippen LogP contribution in [0.1, 0.15) is 18.4 Å². The fraction of sp³-hybridized carbons (Fsp3) is 0.571. The Labute approximate surface area is 130 Å². The van der Waals surface area contributed by atoms with E-state index in [-0.39, 0.29) is 36.5 Å². The van der Waals surface area contributed by atoms with Crippen molar-refractivity contribution < 1.29 is 17.9 Å². The Bertz CT molecular complexity index is 591. The highest BCUT2D eigenvalue weighted by atomic mass is 32.2. The van der Waals surface area contributed by atoms with E-state index in [9.17, 15) is 13.2 Å².